The molecule has 2 aliphatic rings. The zero-order chi connectivity index (χ0) is 23.6. The largest absolute Gasteiger partial charge is 0.450 e. The number of aromatic nitrogens is 1. The van der Waals surface area contributed by atoms with Crippen LogP contribution in [-0.4, -0.2) is 0 Å². The van der Waals surface area contributed by atoms with E-state index in [1.165, 1.54) is 87.3 Å². The van der Waals surface area contributed by atoms with E-state index in [0.717, 1.165) is 23.8 Å². The number of hydrogen-bond donors (Lipinski definition) is 0. The van der Waals surface area contributed by atoms with E-state index in [4.69, 9.17) is 4.74 Å². The number of hydrogen-bond acceptors (Lipinski definition) is 1. The zero-order valence-corrected chi connectivity index (χ0v) is 21.3. The van der Waals surface area contributed by atoms with Crippen LogP contribution in [0.2, 0.25) is 0 Å². The third kappa shape index (κ3) is 3.42. The summed E-state index contributed by atoms with van der Waals surface area (Å²) in [5.74, 6) is 3.46. The Balaban J connectivity index is 1.60. The Kier molecular flexibility index (Phi) is 5.17. The van der Waals surface area contributed by atoms with Gasteiger partial charge in [-0.1, -0.05) is 63.8 Å². The molecule has 174 valence electrons. The topological polar surface area (TPSA) is 13.1 Å². The summed E-state index contributed by atoms with van der Waals surface area (Å²) in [6.45, 7) is 9.09. The third-order valence-corrected chi connectivity index (χ3v) is 8.24. The van der Waals surface area contributed by atoms with Crippen LogP contribution in [0.4, 0.5) is 0 Å². The maximum Gasteiger partial charge on any atom is 0.256 e. The van der Waals surface area contributed by atoms with E-state index in [9.17, 15) is 0 Å². The minimum Gasteiger partial charge on any atom is -0.450 e. The highest BCUT2D eigenvalue weighted by atomic mass is 16.5. The fourth-order valence-corrected chi connectivity index (χ4v) is 6.50. The molecule has 1 aliphatic heterocycles. The Morgan fingerprint density at radius 3 is 2.56 bits per heavy atom. The van der Waals surface area contributed by atoms with Crippen molar-refractivity contribution < 1.29 is 9.30 Å². The molecular weight excluding hydrogens is 414 g/mol. The first-order valence-corrected chi connectivity index (χ1v) is 13.1. The second-order valence-electron chi connectivity index (χ2n) is 11.2. The van der Waals surface area contributed by atoms with Crippen molar-refractivity contribution in [2.45, 2.75) is 66.2 Å². The average Bonchev–Trinajstić information content (AvgIpc) is 3.30. The van der Waals surface area contributed by atoms with Crippen LogP contribution in [0.5, 0.6) is 11.5 Å². The minimum atomic E-state index is 0.617. The molecule has 1 saturated carbocycles. The van der Waals surface area contributed by atoms with Gasteiger partial charge >= 0.3 is 0 Å². The van der Waals surface area contributed by atoms with E-state index in [-0.39, 0.29) is 0 Å². The van der Waals surface area contributed by atoms with Crippen LogP contribution in [-0.2, 0) is 19.9 Å². The molecule has 34 heavy (non-hydrogen) atoms. The van der Waals surface area contributed by atoms with Gasteiger partial charge in [0.1, 0.15) is 12.8 Å². The normalized spacial score (nSPS) is 15.4. The van der Waals surface area contributed by atoms with Crippen molar-refractivity contribution in [3.05, 3.63) is 64.7 Å². The molecule has 0 unspecified atom stereocenters. The first-order valence-electron chi connectivity index (χ1n) is 13.1. The first kappa shape index (κ1) is 21.6. The molecule has 1 aliphatic carbocycles. The Morgan fingerprint density at radius 1 is 1.00 bits per heavy atom. The average molecular weight is 451 g/mol. The standard InChI is InChI=1S/C32H36NO/c1-19(2)13-23-16-25-14-20(3)21(4)30-31(25)28(17-23)34-29-18-26-24(15-22-9-6-7-10-22)11-8-12-27(26)33(5)32(29)30/h8,11-12,14,16-19,22H,6-7,9-10,13,15H2,1-5H3/q+1. The van der Waals surface area contributed by atoms with E-state index in [0.29, 0.717) is 5.92 Å². The maximum absolute atomic E-state index is 6.76. The van der Waals surface area contributed by atoms with Crippen LogP contribution in [0, 0.1) is 25.7 Å². The van der Waals surface area contributed by atoms with Gasteiger partial charge in [0.15, 0.2) is 5.75 Å². The summed E-state index contributed by atoms with van der Waals surface area (Å²) >= 11 is 0. The SMILES string of the molecule is Cc1cc2cc(CC(C)C)cc3c2c(c1C)-c1c(cc2c(CC4CCCC4)cccc2[n+]1C)O3. The predicted molar refractivity (Wildman–Crippen MR) is 142 cm³/mol. The van der Waals surface area contributed by atoms with Crippen LogP contribution < -0.4 is 9.30 Å². The van der Waals surface area contributed by atoms with Gasteiger partial charge in [0.25, 0.3) is 5.69 Å². The van der Waals surface area contributed by atoms with E-state index in [1.54, 1.807) is 0 Å². The van der Waals surface area contributed by atoms with E-state index >= 15 is 0 Å². The molecule has 0 N–H and O–H groups in total. The summed E-state index contributed by atoms with van der Waals surface area (Å²) in [6.07, 6.45) is 7.77. The molecule has 4 aromatic rings. The van der Waals surface area contributed by atoms with Gasteiger partial charge < -0.3 is 4.74 Å². The van der Waals surface area contributed by atoms with Gasteiger partial charge in [-0.05, 0) is 72.2 Å². The lowest BCUT2D eigenvalue weighted by Gasteiger charge is -2.24. The van der Waals surface area contributed by atoms with Gasteiger partial charge in [-0.15, -0.1) is 0 Å². The second-order valence-corrected chi connectivity index (χ2v) is 11.2. The predicted octanol–water partition coefficient (Wildman–Crippen LogP) is 8.14. The van der Waals surface area contributed by atoms with Gasteiger partial charge in [-0.2, -0.15) is 4.57 Å². The lowest BCUT2D eigenvalue weighted by Crippen LogP contribution is -2.34. The van der Waals surface area contributed by atoms with Crippen LogP contribution in [0.25, 0.3) is 32.9 Å². The van der Waals surface area contributed by atoms with Crippen LogP contribution in [0.1, 0.15) is 61.8 Å². The lowest BCUT2D eigenvalue weighted by atomic mass is 9.88. The van der Waals surface area contributed by atoms with E-state index < -0.39 is 0 Å². The van der Waals surface area contributed by atoms with Gasteiger partial charge in [-0.25, -0.2) is 0 Å². The number of fused-ring (bicyclic) bond motifs is 3. The fourth-order valence-electron chi connectivity index (χ4n) is 6.50. The van der Waals surface area contributed by atoms with Crippen molar-refractivity contribution in [2.24, 2.45) is 18.9 Å². The number of nitrogens with zero attached hydrogens (tertiary/aromatic N) is 1. The van der Waals surface area contributed by atoms with Crippen molar-refractivity contribution in [3.63, 3.8) is 0 Å². The van der Waals surface area contributed by atoms with E-state index in [2.05, 4.69) is 81.8 Å². The molecule has 2 nitrogen and oxygen atoms in total. The maximum atomic E-state index is 6.76. The molecule has 0 radical (unpaired) electrons. The highest BCUT2D eigenvalue weighted by Crippen LogP contribution is 2.49. The first-order chi connectivity index (χ1) is 16.4. The monoisotopic (exact) mass is 450 g/mol. The number of rotatable bonds is 4. The number of pyridine rings is 1. The van der Waals surface area contributed by atoms with Crippen LogP contribution >= 0.6 is 0 Å². The number of aryl methyl sites for hydroxylation is 2. The minimum absolute atomic E-state index is 0.617. The number of benzene rings is 3. The van der Waals surface area contributed by atoms with Crippen LogP contribution in [0.3, 0.4) is 0 Å². The summed E-state index contributed by atoms with van der Waals surface area (Å²) in [7, 11) is 2.22. The van der Waals surface area contributed by atoms with Gasteiger partial charge in [0.2, 0.25) is 5.52 Å². The molecule has 0 atom stereocenters. The summed E-state index contributed by atoms with van der Waals surface area (Å²) < 4.78 is 9.14. The Labute approximate surface area is 203 Å². The quantitative estimate of drug-likeness (QED) is 0.252. The molecule has 0 bridgehead atoms. The fraction of sp³-hybridized carbons (Fsp3) is 0.406. The number of ether oxygens (including phenoxy) is 1. The second kappa shape index (κ2) is 8.12. The van der Waals surface area contributed by atoms with Gasteiger partial charge in [0.05, 0.1) is 10.9 Å². The lowest BCUT2D eigenvalue weighted by molar-refractivity contribution is -0.633. The van der Waals surface area contributed by atoms with Gasteiger partial charge in [0, 0.05) is 17.5 Å². The van der Waals surface area contributed by atoms with Crippen molar-refractivity contribution >= 4 is 21.7 Å². The highest BCUT2D eigenvalue weighted by Gasteiger charge is 2.32. The molecule has 0 amide bonds. The molecule has 0 spiro atoms. The molecule has 1 aromatic heterocycles. The third-order valence-electron chi connectivity index (χ3n) is 8.24. The highest BCUT2D eigenvalue weighted by molar-refractivity contribution is 6.05. The Morgan fingerprint density at radius 2 is 1.79 bits per heavy atom. The molecule has 2 heteroatoms. The molecule has 0 saturated heterocycles. The van der Waals surface area contributed by atoms with E-state index in [1.807, 2.05) is 0 Å². The summed E-state index contributed by atoms with van der Waals surface area (Å²) in [5, 5.41) is 3.91. The van der Waals surface area contributed by atoms with Crippen molar-refractivity contribution in [3.8, 4) is 22.8 Å². The summed E-state index contributed by atoms with van der Waals surface area (Å²) in [5.41, 5.74) is 9.38. The Bertz CT molecular complexity index is 1440. The Hall–Kier alpha value is -2.87. The molecule has 3 aromatic carbocycles. The molecule has 1 fully saturated rings. The summed E-state index contributed by atoms with van der Waals surface area (Å²) in [6, 6.07) is 16.2. The zero-order valence-electron chi connectivity index (χ0n) is 21.3. The van der Waals surface area contributed by atoms with Crippen LogP contribution in [0.15, 0.2) is 42.5 Å². The van der Waals surface area contributed by atoms with Crippen molar-refractivity contribution in [2.75, 3.05) is 0 Å². The summed E-state index contributed by atoms with van der Waals surface area (Å²) in [4.78, 5) is 0. The molecule has 2 heterocycles. The van der Waals surface area contributed by atoms with Crippen molar-refractivity contribution in [1.29, 1.82) is 0 Å². The van der Waals surface area contributed by atoms with Crippen molar-refractivity contribution in [1.82, 2.24) is 0 Å². The molecular formula is C32H36NO+. The smallest absolute Gasteiger partial charge is 0.256 e. The molecule has 6 rings (SSSR count). The van der Waals surface area contributed by atoms with Gasteiger partial charge in [-0.3, -0.25) is 0 Å².